The van der Waals surface area contributed by atoms with E-state index >= 15 is 0 Å². The zero-order valence-electron chi connectivity index (χ0n) is 16.7. The summed E-state index contributed by atoms with van der Waals surface area (Å²) in [4.78, 5) is 19.8. The number of pyridine rings is 1. The molecule has 150 valence electrons. The molecule has 1 aromatic carbocycles. The number of nitrogens with zero attached hydrogens (tertiary/aromatic N) is 3. The standard InChI is InChI=1S/C23H26N4O2/c1-16-6-9-22-25-19(14-27(22)12-16)15-29-21-5-3-2-4-20(21)23(28)26-11-10-17-7-8-18(13-26)24-17/h2-6,9,12,14,17-18,24H,7-8,10-11,13,15H2,1H3. The second-order valence-corrected chi connectivity index (χ2v) is 8.17. The average Bonchev–Trinajstić information content (AvgIpc) is 3.27. The molecule has 2 unspecified atom stereocenters. The van der Waals surface area contributed by atoms with Crippen LogP contribution in [0.2, 0.25) is 0 Å². The van der Waals surface area contributed by atoms with Crippen LogP contribution in [0.5, 0.6) is 5.75 Å². The van der Waals surface area contributed by atoms with Crippen LogP contribution in [0.1, 0.15) is 40.9 Å². The normalized spacial score (nSPS) is 21.3. The summed E-state index contributed by atoms with van der Waals surface area (Å²) in [6.07, 6.45) is 7.42. The molecule has 2 saturated heterocycles. The van der Waals surface area contributed by atoms with Crippen LogP contribution in [0.3, 0.4) is 0 Å². The van der Waals surface area contributed by atoms with Gasteiger partial charge in [-0.2, -0.15) is 0 Å². The highest BCUT2D eigenvalue weighted by atomic mass is 16.5. The second kappa shape index (κ2) is 7.52. The van der Waals surface area contributed by atoms with Crippen LogP contribution in [0.15, 0.2) is 48.8 Å². The van der Waals surface area contributed by atoms with Crippen molar-refractivity contribution in [1.82, 2.24) is 19.6 Å². The molecule has 2 aliphatic rings. The van der Waals surface area contributed by atoms with Gasteiger partial charge in [-0.25, -0.2) is 4.98 Å². The number of rotatable bonds is 4. The number of ether oxygens (including phenoxy) is 1. The van der Waals surface area contributed by atoms with E-state index in [0.29, 0.717) is 30.0 Å². The van der Waals surface area contributed by atoms with Crippen molar-refractivity contribution in [1.29, 1.82) is 0 Å². The third-order valence-electron chi connectivity index (χ3n) is 5.95. The number of amides is 1. The number of para-hydroxylation sites is 1. The summed E-state index contributed by atoms with van der Waals surface area (Å²) >= 11 is 0. The van der Waals surface area contributed by atoms with Crippen LogP contribution in [0, 0.1) is 6.92 Å². The van der Waals surface area contributed by atoms with Crippen LogP contribution in [-0.2, 0) is 6.61 Å². The molecule has 4 heterocycles. The van der Waals surface area contributed by atoms with E-state index in [2.05, 4.69) is 17.2 Å². The molecule has 2 aromatic heterocycles. The van der Waals surface area contributed by atoms with Gasteiger partial charge in [-0.15, -0.1) is 0 Å². The maximum atomic E-state index is 13.2. The minimum atomic E-state index is 0.0561. The number of likely N-dealkylation sites (tertiary alicyclic amines) is 1. The Kier molecular flexibility index (Phi) is 4.72. The van der Waals surface area contributed by atoms with Crippen molar-refractivity contribution in [3.05, 3.63) is 65.6 Å². The highest BCUT2D eigenvalue weighted by molar-refractivity contribution is 5.97. The van der Waals surface area contributed by atoms with E-state index in [1.807, 2.05) is 58.1 Å². The molecule has 0 spiro atoms. The zero-order valence-corrected chi connectivity index (χ0v) is 16.7. The lowest BCUT2D eigenvalue weighted by Crippen LogP contribution is -2.39. The van der Waals surface area contributed by atoms with E-state index in [1.165, 1.54) is 12.0 Å². The number of hydrogen-bond donors (Lipinski definition) is 1. The number of fused-ring (bicyclic) bond motifs is 3. The summed E-state index contributed by atoms with van der Waals surface area (Å²) in [6.45, 7) is 3.96. The van der Waals surface area contributed by atoms with Crippen LogP contribution in [0.4, 0.5) is 0 Å². The van der Waals surface area contributed by atoms with E-state index < -0.39 is 0 Å². The highest BCUT2D eigenvalue weighted by Crippen LogP contribution is 2.25. The minimum Gasteiger partial charge on any atom is -0.486 e. The van der Waals surface area contributed by atoms with Crippen LogP contribution < -0.4 is 10.1 Å². The molecule has 2 bridgehead atoms. The van der Waals surface area contributed by atoms with Gasteiger partial charge in [0.15, 0.2) is 0 Å². The van der Waals surface area contributed by atoms with Crippen molar-refractivity contribution in [2.24, 2.45) is 0 Å². The molecule has 6 heteroatoms. The fraction of sp³-hybridized carbons (Fsp3) is 0.391. The molecule has 1 N–H and O–H groups in total. The predicted molar refractivity (Wildman–Crippen MR) is 111 cm³/mol. The number of nitrogens with one attached hydrogen (secondary N) is 1. The third kappa shape index (κ3) is 3.72. The Balaban J connectivity index is 1.32. The molecule has 0 aliphatic carbocycles. The average molecular weight is 390 g/mol. The number of imidazole rings is 1. The molecule has 3 aromatic rings. The number of benzene rings is 1. The van der Waals surface area contributed by atoms with E-state index in [0.717, 1.165) is 37.3 Å². The third-order valence-corrected chi connectivity index (χ3v) is 5.95. The first-order valence-electron chi connectivity index (χ1n) is 10.4. The van der Waals surface area contributed by atoms with Gasteiger partial charge in [-0.05, 0) is 49.9 Å². The molecule has 5 rings (SSSR count). The van der Waals surface area contributed by atoms with E-state index in [1.54, 1.807) is 0 Å². The monoisotopic (exact) mass is 390 g/mol. The molecule has 29 heavy (non-hydrogen) atoms. The van der Waals surface area contributed by atoms with Crippen molar-refractivity contribution in [3.8, 4) is 5.75 Å². The predicted octanol–water partition coefficient (Wildman–Crippen LogP) is 3.19. The lowest BCUT2D eigenvalue weighted by Gasteiger charge is -2.25. The number of aryl methyl sites for hydroxylation is 1. The van der Waals surface area contributed by atoms with Crippen molar-refractivity contribution in [3.63, 3.8) is 0 Å². The maximum absolute atomic E-state index is 13.2. The molecule has 2 aliphatic heterocycles. The minimum absolute atomic E-state index is 0.0561. The van der Waals surface area contributed by atoms with Crippen LogP contribution >= 0.6 is 0 Å². The van der Waals surface area contributed by atoms with Gasteiger partial charge in [0, 0.05) is 37.6 Å². The molecule has 0 saturated carbocycles. The summed E-state index contributed by atoms with van der Waals surface area (Å²) < 4.78 is 8.05. The Bertz CT molecular complexity index is 1040. The Hall–Kier alpha value is -2.86. The van der Waals surface area contributed by atoms with Gasteiger partial charge in [-0.1, -0.05) is 18.2 Å². The first-order chi connectivity index (χ1) is 14.2. The Morgan fingerprint density at radius 2 is 2.00 bits per heavy atom. The van der Waals surface area contributed by atoms with E-state index in [9.17, 15) is 4.79 Å². The maximum Gasteiger partial charge on any atom is 0.257 e. The Labute approximate surface area is 170 Å². The summed E-state index contributed by atoms with van der Waals surface area (Å²) in [5.74, 6) is 0.675. The summed E-state index contributed by atoms with van der Waals surface area (Å²) in [5.41, 5.74) is 3.55. The van der Waals surface area contributed by atoms with Gasteiger partial charge in [0.05, 0.1) is 11.3 Å². The van der Waals surface area contributed by atoms with Gasteiger partial charge in [0.25, 0.3) is 5.91 Å². The lowest BCUT2D eigenvalue weighted by atomic mass is 10.1. The van der Waals surface area contributed by atoms with Crippen molar-refractivity contribution in [2.45, 2.75) is 44.9 Å². The molecule has 6 nitrogen and oxygen atoms in total. The van der Waals surface area contributed by atoms with Gasteiger partial charge in [-0.3, -0.25) is 4.79 Å². The zero-order chi connectivity index (χ0) is 19.8. The van der Waals surface area contributed by atoms with Crippen LogP contribution in [0.25, 0.3) is 5.65 Å². The van der Waals surface area contributed by atoms with Gasteiger partial charge < -0.3 is 19.4 Å². The topological polar surface area (TPSA) is 58.9 Å². The first-order valence-corrected chi connectivity index (χ1v) is 10.4. The van der Waals surface area contributed by atoms with Crippen molar-refractivity contribution >= 4 is 11.6 Å². The molecular formula is C23H26N4O2. The van der Waals surface area contributed by atoms with Crippen molar-refractivity contribution < 1.29 is 9.53 Å². The SMILES string of the molecule is Cc1ccc2nc(COc3ccccc3C(=O)N3CCC4CCC(C3)N4)cn2c1. The van der Waals surface area contributed by atoms with Gasteiger partial charge in [0.1, 0.15) is 18.0 Å². The van der Waals surface area contributed by atoms with E-state index in [-0.39, 0.29) is 5.91 Å². The molecule has 1 amide bonds. The summed E-state index contributed by atoms with van der Waals surface area (Å²) in [7, 11) is 0. The summed E-state index contributed by atoms with van der Waals surface area (Å²) in [6, 6.07) is 12.6. The van der Waals surface area contributed by atoms with E-state index in [4.69, 9.17) is 4.74 Å². The van der Waals surface area contributed by atoms with Gasteiger partial charge in [0.2, 0.25) is 0 Å². The Morgan fingerprint density at radius 3 is 2.93 bits per heavy atom. The molecular weight excluding hydrogens is 364 g/mol. The smallest absolute Gasteiger partial charge is 0.257 e. The first kappa shape index (κ1) is 18.2. The van der Waals surface area contributed by atoms with Gasteiger partial charge >= 0.3 is 0 Å². The number of hydrogen-bond acceptors (Lipinski definition) is 4. The molecule has 0 radical (unpaired) electrons. The Morgan fingerprint density at radius 1 is 1.14 bits per heavy atom. The lowest BCUT2D eigenvalue weighted by molar-refractivity contribution is 0.0743. The fourth-order valence-corrected chi connectivity index (χ4v) is 4.44. The van der Waals surface area contributed by atoms with Crippen LogP contribution in [-0.4, -0.2) is 45.4 Å². The van der Waals surface area contributed by atoms with Crippen molar-refractivity contribution in [2.75, 3.05) is 13.1 Å². The number of aromatic nitrogens is 2. The number of carbonyl (C=O) groups is 1. The number of carbonyl (C=O) groups excluding carboxylic acids is 1. The molecule has 2 fully saturated rings. The fourth-order valence-electron chi connectivity index (χ4n) is 4.44. The highest BCUT2D eigenvalue weighted by Gasteiger charge is 2.32. The molecule has 2 atom stereocenters. The second-order valence-electron chi connectivity index (χ2n) is 8.17. The largest absolute Gasteiger partial charge is 0.486 e. The quantitative estimate of drug-likeness (QED) is 0.743. The summed E-state index contributed by atoms with van der Waals surface area (Å²) in [5, 5.41) is 3.63.